The van der Waals surface area contributed by atoms with Gasteiger partial charge in [-0.05, 0) is 31.9 Å². The van der Waals surface area contributed by atoms with Crippen molar-refractivity contribution in [2.75, 3.05) is 19.3 Å². The number of amidine groups is 2. The summed E-state index contributed by atoms with van der Waals surface area (Å²) < 4.78 is 0. The van der Waals surface area contributed by atoms with Crippen LogP contribution in [0.3, 0.4) is 0 Å². The zero-order valence-corrected chi connectivity index (χ0v) is 15.4. The third-order valence-corrected chi connectivity index (χ3v) is 5.91. The summed E-state index contributed by atoms with van der Waals surface area (Å²) in [7, 11) is 0. The van der Waals surface area contributed by atoms with Gasteiger partial charge < -0.3 is 0 Å². The first-order chi connectivity index (χ1) is 11.9. The highest BCUT2D eigenvalue weighted by molar-refractivity contribution is 8.13. The predicted molar refractivity (Wildman–Crippen MR) is 102 cm³/mol. The van der Waals surface area contributed by atoms with E-state index in [-0.39, 0.29) is 0 Å². The molecule has 0 radical (unpaired) electrons. The minimum Gasteiger partial charge on any atom is -0.264 e. The summed E-state index contributed by atoms with van der Waals surface area (Å²) in [4.78, 5) is 14.6. The van der Waals surface area contributed by atoms with Crippen molar-refractivity contribution in [3.8, 4) is 0 Å². The second-order valence-corrected chi connectivity index (χ2v) is 7.68. The Labute approximate surface area is 149 Å². The van der Waals surface area contributed by atoms with Gasteiger partial charge in [0.1, 0.15) is 0 Å². The number of aliphatic imine (C=N–C) groups is 3. The average Bonchev–Trinajstić information content (AvgIpc) is 2.96. The summed E-state index contributed by atoms with van der Waals surface area (Å²) in [6.45, 7) is 1.76. The lowest BCUT2D eigenvalue weighted by molar-refractivity contribution is 0.226. The van der Waals surface area contributed by atoms with Gasteiger partial charge in [0.15, 0.2) is 11.0 Å². The molecule has 3 aliphatic heterocycles. The lowest BCUT2D eigenvalue weighted by Crippen LogP contribution is -2.52. The van der Waals surface area contributed by atoms with Crippen molar-refractivity contribution < 1.29 is 0 Å². The monoisotopic (exact) mass is 345 g/mol. The van der Waals surface area contributed by atoms with Crippen LogP contribution in [-0.2, 0) is 0 Å². The number of rotatable bonds is 0. The van der Waals surface area contributed by atoms with Crippen molar-refractivity contribution in [1.29, 1.82) is 0 Å². The van der Waals surface area contributed by atoms with Crippen LogP contribution < -0.4 is 0 Å². The average molecular weight is 346 g/mol. The highest BCUT2D eigenvalue weighted by atomic mass is 32.2. The molecule has 130 valence electrons. The molecule has 4 aliphatic rings. The number of thioether (sulfide) groups is 1. The van der Waals surface area contributed by atoms with Crippen molar-refractivity contribution >= 4 is 28.7 Å². The maximum atomic E-state index is 4.97. The molecule has 0 bridgehead atoms. The van der Waals surface area contributed by atoms with Crippen molar-refractivity contribution in [3.63, 3.8) is 0 Å². The standard InChI is InChI=1S/C18H27N5S/c1-24-18-21-17-20-15-11-9-7-5-3-2-4-6-8-10-14(15)16-19-12-13-22(18)23(16)17/h2-13H2,1H3. The number of hydrogen-bond acceptors (Lipinski definition) is 6. The molecule has 0 amide bonds. The topological polar surface area (TPSA) is 43.6 Å². The number of nitrogens with zero attached hydrogens (tertiary/aromatic N) is 5. The fraction of sp³-hybridized carbons (Fsp3) is 0.722. The first kappa shape index (κ1) is 16.2. The Kier molecular flexibility index (Phi) is 4.92. The van der Waals surface area contributed by atoms with Gasteiger partial charge in [0, 0.05) is 5.57 Å². The molecule has 0 fully saturated rings. The Bertz CT molecular complexity index is 619. The van der Waals surface area contributed by atoms with Crippen molar-refractivity contribution in [2.45, 2.75) is 64.2 Å². The van der Waals surface area contributed by atoms with E-state index in [1.54, 1.807) is 11.8 Å². The second-order valence-electron chi connectivity index (χ2n) is 6.90. The van der Waals surface area contributed by atoms with Gasteiger partial charge >= 0.3 is 0 Å². The van der Waals surface area contributed by atoms with Crippen molar-refractivity contribution in [1.82, 2.24) is 10.0 Å². The first-order valence-electron chi connectivity index (χ1n) is 9.44. The predicted octanol–water partition coefficient (Wildman–Crippen LogP) is 4.19. The van der Waals surface area contributed by atoms with E-state index in [1.165, 1.54) is 62.6 Å². The molecule has 4 rings (SSSR count). The highest BCUT2D eigenvalue weighted by Gasteiger charge is 2.40. The van der Waals surface area contributed by atoms with E-state index >= 15 is 0 Å². The molecule has 3 heterocycles. The number of allylic oxidation sites excluding steroid dienone is 1. The summed E-state index contributed by atoms with van der Waals surface area (Å²) in [6.07, 6.45) is 15.0. The SMILES string of the molecule is CSC1=NC2=NC3=C(CCCCCCCCCC3)C3=NCCN1N23. The van der Waals surface area contributed by atoms with E-state index in [9.17, 15) is 0 Å². The van der Waals surface area contributed by atoms with E-state index in [2.05, 4.69) is 16.3 Å². The molecule has 0 spiro atoms. The second kappa shape index (κ2) is 7.30. The Morgan fingerprint density at radius 1 is 0.875 bits per heavy atom. The minimum absolute atomic E-state index is 0.837. The Morgan fingerprint density at radius 3 is 2.33 bits per heavy atom. The maximum absolute atomic E-state index is 4.97. The van der Waals surface area contributed by atoms with Crippen LogP contribution in [0.1, 0.15) is 64.2 Å². The van der Waals surface area contributed by atoms with Crippen LogP contribution in [0, 0.1) is 0 Å². The lowest BCUT2D eigenvalue weighted by atomic mass is 9.97. The van der Waals surface area contributed by atoms with Crippen LogP contribution in [0.4, 0.5) is 0 Å². The first-order valence-corrected chi connectivity index (χ1v) is 10.7. The van der Waals surface area contributed by atoms with Crippen LogP contribution in [0.15, 0.2) is 26.2 Å². The molecule has 24 heavy (non-hydrogen) atoms. The fourth-order valence-corrected chi connectivity index (χ4v) is 4.54. The van der Waals surface area contributed by atoms with Crippen LogP contribution in [0.5, 0.6) is 0 Å². The normalized spacial score (nSPS) is 25.1. The van der Waals surface area contributed by atoms with Gasteiger partial charge in [-0.3, -0.25) is 10.0 Å². The molecule has 0 saturated heterocycles. The van der Waals surface area contributed by atoms with E-state index in [0.717, 1.165) is 42.9 Å². The zero-order chi connectivity index (χ0) is 16.4. The van der Waals surface area contributed by atoms with E-state index < -0.39 is 0 Å². The molecule has 0 N–H and O–H groups in total. The Morgan fingerprint density at radius 2 is 1.58 bits per heavy atom. The van der Waals surface area contributed by atoms with E-state index in [4.69, 9.17) is 15.0 Å². The maximum Gasteiger partial charge on any atom is 0.253 e. The van der Waals surface area contributed by atoms with Gasteiger partial charge in [0.25, 0.3) is 5.96 Å². The number of hydrogen-bond donors (Lipinski definition) is 0. The molecule has 1 aliphatic carbocycles. The minimum atomic E-state index is 0.837. The van der Waals surface area contributed by atoms with Gasteiger partial charge in [-0.25, -0.2) is 4.99 Å². The molecule has 6 heteroatoms. The largest absolute Gasteiger partial charge is 0.264 e. The smallest absolute Gasteiger partial charge is 0.253 e. The van der Waals surface area contributed by atoms with Gasteiger partial charge in [-0.15, -0.1) is 0 Å². The van der Waals surface area contributed by atoms with Gasteiger partial charge in [-0.2, -0.15) is 10.0 Å². The van der Waals surface area contributed by atoms with Gasteiger partial charge in [0.05, 0.1) is 18.8 Å². The molecular formula is C18H27N5S. The van der Waals surface area contributed by atoms with Crippen LogP contribution in [0.2, 0.25) is 0 Å². The van der Waals surface area contributed by atoms with E-state index in [1.807, 2.05) is 0 Å². The zero-order valence-electron chi connectivity index (χ0n) is 14.6. The third-order valence-electron chi connectivity index (χ3n) is 5.25. The van der Waals surface area contributed by atoms with Crippen LogP contribution in [-0.4, -0.2) is 46.3 Å². The fourth-order valence-electron chi connectivity index (χ4n) is 3.99. The third kappa shape index (κ3) is 3.01. The number of fused-ring (bicyclic) bond motifs is 1. The van der Waals surface area contributed by atoms with E-state index in [0.29, 0.717) is 0 Å². The molecular weight excluding hydrogens is 318 g/mol. The summed E-state index contributed by atoms with van der Waals surface area (Å²) in [5.41, 5.74) is 2.65. The highest BCUT2D eigenvalue weighted by Crippen LogP contribution is 2.33. The molecule has 0 aromatic heterocycles. The number of hydrazine groups is 1. The van der Waals surface area contributed by atoms with Crippen molar-refractivity contribution in [3.05, 3.63) is 11.3 Å². The van der Waals surface area contributed by atoms with Gasteiger partial charge in [0.2, 0.25) is 0 Å². The Hall–Kier alpha value is -1.30. The Balaban J connectivity index is 1.66. The van der Waals surface area contributed by atoms with Crippen molar-refractivity contribution in [2.24, 2.45) is 15.0 Å². The van der Waals surface area contributed by atoms with Gasteiger partial charge in [-0.1, -0.05) is 50.3 Å². The molecule has 0 unspecified atom stereocenters. The summed E-state index contributed by atoms with van der Waals surface area (Å²) in [5.74, 6) is 1.97. The number of guanidine groups is 1. The molecule has 5 nitrogen and oxygen atoms in total. The molecule has 0 aromatic rings. The molecule has 0 saturated carbocycles. The van der Waals surface area contributed by atoms with Crippen LogP contribution >= 0.6 is 11.8 Å². The summed E-state index contributed by atoms with van der Waals surface area (Å²) >= 11 is 1.70. The lowest BCUT2D eigenvalue weighted by Gasteiger charge is -2.37. The quantitative estimate of drug-likeness (QED) is 0.661. The summed E-state index contributed by atoms with van der Waals surface area (Å²) in [6, 6.07) is 0. The van der Waals surface area contributed by atoms with Crippen LogP contribution in [0.25, 0.3) is 0 Å². The molecule has 0 atom stereocenters. The summed E-state index contributed by atoms with van der Waals surface area (Å²) in [5, 5.41) is 5.48. The molecule has 0 aromatic carbocycles.